The number of aromatic carboxylic acids is 1. The van der Waals surface area contributed by atoms with Crippen LogP contribution in [0, 0.1) is 17.3 Å². The maximum absolute atomic E-state index is 12.5. The van der Waals surface area contributed by atoms with Crippen LogP contribution in [0.15, 0.2) is 18.2 Å². The predicted octanol–water partition coefficient (Wildman–Crippen LogP) is 16.4. The third kappa shape index (κ3) is 59.2. The number of halogens is 1. The number of carbonyl (C=O) groups excluding carboxylic acids is 5. The zero-order valence-electron chi connectivity index (χ0n) is 47.0. The number of benzene rings is 1. The molecule has 6 unspecified atom stereocenters. The van der Waals surface area contributed by atoms with E-state index in [1.807, 2.05) is 19.9 Å². The number of aryl methyl sites for hydroxylation is 2. The van der Waals surface area contributed by atoms with Crippen molar-refractivity contribution in [1.82, 2.24) is 0 Å². The molecule has 0 aliphatic heterocycles. The molecule has 0 saturated carbocycles. The largest absolute Gasteiger partial charge is 0.478 e. The van der Waals surface area contributed by atoms with E-state index < -0.39 is 61.0 Å². The Morgan fingerprint density at radius 2 is 0.910 bits per heavy atom. The first kappa shape index (κ1) is 112. The van der Waals surface area contributed by atoms with E-state index in [-0.39, 0.29) is 172 Å². The quantitative estimate of drug-likeness (QED) is 0.00580. The average Bonchev–Trinajstić information content (AvgIpc) is 3.36. The molecule has 1 N–H and O–H groups in total. The summed E-state index contributed by atoms with van der Waals surface area (Å²) in [6.07, 6.45) is 4.70. The second kappa shape index (κ2) is 64.3. The topological polar surface area (TPSA) is 196 Å². The number of thiol groups is 8. The van der Waals surface area contributed by atoms with Gasteiger partial charge in [0.15, 0.2) is 20.5 Å². The van der Waals surface area contributed by atoms with Crippen molar-refractivity contribution >= 4 is 156 Å². The Balaban J connectivity index is -0.000000139. The van der Waals surface area contributed by atoms with Gasteiger partial charge in [0.1, 0.15) is 19.8 Å². The van der Waals surface area contributed by atoms with Crippen molar-refractivity contribution in [3.8, 4) is 11.8 Å². The molecular weight excluding hydrogens is 1330 g/mol. The van der Waals surface area contributed by atoms with Crippen molar-refractivity contribution < 1.29 is 71.5 Å². The second-order valence-corrected chi connectivity index (χ2v) is 30.9. The van der Waals surface area contributed by atoms with Gasteiger partial charge in [-0.3, -0.25) is 24.0 Å². The van der Waals surface area contributed by atoms with Crippen LogP contribution in [-0.4, -0.2) is 164 Å². The number of esters is 4. The van der Waals surface area contributed by atoms with Crippen molar-refractivity contribution in [3.63, 3.8) is 0 Å². The number of carboxylic acids is 1. The number of carbonyl (C=O) groups is 6. The molecule has 0 saturated heterocycles. The van der Waals surface area contributed by atoms with E-state index in [1.165, 1.54) is 5.56 Å². The lowest BCUT2D eigenvalue weighted by atomic mass is 9.95. The lowest BCUT2D eigenvalue weighted by molar-refractivity contribution is -0.165. The minimum Gasteiger partial charge on any atom is -0.478 e. The Morgan fingerprint density at radius 3 is 1.25 bits per heavy atom. The molecule has 0 aromatic heterocycles. The van der Waals surface area contributed by atoms with Crippen LogP contribution >= 0.6 is 113 Å². The fourth-order valence-electron chi connectivity index (χ4n) is 6.47. The molecular formula is C64H129ClO15S8Si. The predicted molar refractivity (Wildman–Crippen MR) is 410 cm³/mol. The van der Waals surface area contributed by atoms with Gasteiger partial charge in [-0.2, -0.15) is 101 Å². The Hall–Kier alpha value is -1.05. The van der Waals surface area contributed by atoms with Crippen LogP contribution in [0.3, 0.4) is 0 Å². The summed E-state index contributed by atoms with van der Waals surface area (Å²) in [5.41, 5.74) is 2.24. The van der Waals surface area contributed by atoms with Crippen molar-refractivity contribution in [2.24, 2.45) is 5.41 Å². The van der Waals surface area contributed by atoms with E-state index in [0.29, 0.717) is 67.5 Å². The fraction of sp³-hybridized carbons (Fsp3) is 0.781. The summed E-state index contributed by atoms with van der Waals surface area (Å²) in [5.74, 6) is 5.76. The highest BCUT2D eigenvalue weighted by Crippen LogP contribution is 2.36. The summed E-state index contributed by atoms with van der Waals surface area (Å²) in [6, 6.07) is 5.38. The van der Waals surface area contributed by atoms with Gasteiger partial charge in [0.2, 0.25) is 5.24 Å². The molecule has 0 amide bonds. The van der Waals surface area contributed by atoms with Crippen LogP contribution in [0.5, 0.6) is 0 Å². The zero-order valence-corrected chi connectivity index (χ0v) is 55.9. The smallest absolute Gasteiger partial charge is 0.335 e. The number of rotatable bonds is 37. The summed E-state index contributed by atoms with van der Waals surface area (Å²) in [4.78, 5) is 70.9. The van der Waals surface area contributed by atoms with Gasteiger partial charge in [0, 0.05) is 39.3 Å². The molecule has 0 bridgehead atoms. The van der Waals surface area contributed by atoms with Gasteiger partial charge >= 0.3 is 29.8 Å². The lowest BCUT2D eigenvalue weighted by Crippen LogP contribution is -2.41. The SMILES string of the molecule is C.C.C.C.C.C.C.C.C.C.CC(C)(C)[Si](C)(C)OCCOCC(=O)Cl.CC(C)(COCC(COC(=O)CC(S)CCS)OC(=O)CC(S)CCS)COCC(COC(=O)CC(S)CCS)OC(=O)CC(S)CCS.O=C(O)c1ccc2c(c1)CCC#CCC2. The number of fused-ring (bicyclic) bond motifs is 1. The molecule has 89 heavy (non-hydrogen) atoms. The van der Waals surface area contributed by atoms with Crippen LogP contribution < -0.4 is 0 Å². The standard InChI is InChI=1S/C31H56O10S8.C13H12O2.C10H21ClO3Si.10CH4/c1-31(2,19-36-15-21(40-29(34)13-25(48)5-9-44)17-38-27(32)11-23(46)3-7-42)20-37-16-22(41-30(35)14-26(49)6-10-45)18-39-28(33)12-24(47)4-8-43;14-13(15)12-8-7-10-5-3-1-2-4-6-11(10)9-12;1-10(2,3)15(4,5)14-7-6-13-8-9(11)12;;;;;;;;;;/h21-26,42-49H,3-20H2,1-2H3;7-9H,3-6H2,(H,14,15);6-8H2,1-5H3;10*1H4. The van der Waals surface area contributed by atoms with Gasteiger partial charge in [0.25, 0.3) is 0 Å². The normalized spacial score (nSPS) is 13.0. The van der Waals surface area contributed by atoms with Gasteiger partial charge < -0.3 is 42.7 Å². The summed E-state index contributed by atoms with van der Waals surface area (Å²) in [6.45, 7) is 15.6. The third-order valence-corrected chi connectivity index (χ3v) is 19.3. The Kier molecular flexibility index (Phi) is 81.1. The van der Waals surface area contributed by atoms with Crippen LogP contribution in [0.2, 0.25) is 18.1 Å². The minimum atomic E-state index is -1.68. The fourth-order valence-corrected chi connectivity index (χ4v) is 10.7. The van der Waals surface area contributed by atoms with Gasteiger partial charge in [-0.1, -0.05) is 115 Å². The molecule has 2 rings (SSSR count). The average molecular weight is 1460 g/mol. The number of carboxylic acid groups (broad SMARTS) is 1. The zero-order chi connectivity index (χ0) is 60.0. The van der Waals surface area contributed by atoms with E-state index in [1.54, 1.807) is 12.1 Å². The van der Waals surface area contributed by atoms with Gasteiger partial charge in [0.05, 0.1) is 70.9 Å². The highest BCUT2D eigenvalue weighted by atomic mass is 35.5. The summed E-state index contributed by atoms with van der Waals surface area (Å²) >= 11 is 39.3. The first-order chi connectivity index (χ1) is 37.1. The van der Waals surface area contributed by atoms with Crippen LogP contribution in [0.1, 0.15) is 195 Å². The first-order valence-electron chi connectivity index (χ1n) is 26.3. The lowest BCUT2D eigenvalue weighted by Gasteiger charge is -2.36. The van der Waals surface area contributed by atoms with Crippen molar-refractivity contribution in [3.05, 3.63) is 34.9 Å². The molecule has 0 radical (unpaired) electrons. The van der Waals surface area contributed by atoms with Crippen molar-refractivity contribution in [1.29, 1.82) is 0 Å². The van der Waals surface area contributed by atoms with E-state index in [2.05, 4.69) is 147 Å². The van der Waals surface area contributed by atoms with Gasteiger partial charge in [-0.05, 0) is 115 Å². The Bertz CT molecular complexity index is 1940. The molecule has 0 fully saturated rings. The minimum absolute atomic E-state index is 0. The maximum atomic E-state index is 12.5. The highest BCUT2D eigenvalue weighted by molar-refractivity contribution is 7.82. The molecule has 25 heteroatoms. The molecule has 534 valence electrons. The molecule has 1 aliphatic rings. The monoisotopic (exact) mass is 1460 g/mol. The number of hydrogen-bond acceptors (Lipinski definition) is 22. The molecule has 1 aliphatic carbocycles. The van der Waals surface area contributed by atoms with Crippen molar-refractivity contribution in [2.75, 3.05) is 82.5 Å². The number of ether oxygens (including phenoxy) is 7. The van der Waals surface area contributed by atoms with E-state index in [9.17, 15) is 28.8 Å². The highest BCUT2D eigenvalue weighted by Gasteiger charge is 2.37. The Labute approximate surface area is 594 Å². The molecule has 0 heterocycles. The molecule has 1 aromatic carbocycles. The van der Waals surface area contributed by atoms with Crippen LogP contribution in [-0.2, 0) is 74.4 Å². The summed E-state index contributed by atoms with van der Waals surface area (Å²) in [5, 5.41) is 7.81. The van der Waals surface area contributed by atoms with Crippen LogP contribution in [0.25, 0.3) is 0 Å². The van der Waals surface area contributed by atoms with Crippen molar-refractivity contribution in [2.45, 2.75) is 237 Å². The summed E-state index contributed by atoms with van der Waals surface area (Å²) in [7, 11) is -1.68. The summed E-state index contributed by atoms with van der Waals surface area (Å²) < 4.78 is 44.6. The Morgan fingerprint density at radius 1 is 0.551 bits per heavy atom. The first-order valence-corrected chi connectivity index (χ1v) is 34.2. The van der Waals surface area contributed by atoms with E-state index >= 15 is 0 Å². The van der Waals surface area contributed by atoms with Gasteiger partial charge in [-0.25, -0.2) is 4.79 Å². The molecule has 1 aromatic rings. The molecule has 15 nitrogen and oxygen atoms in total. The molecule has 6 atom stereocenters. The molecule has 0 spiro atoms. The van der Waals surface area contributed by atoms with E-state index in [0.717, 1.165) is 31.2 Å². The van der Waals surface area contributed by atoms with Crippen LogP contribution in [0.4, 0.5) is 0 Å². The maximum Gasteiger partial charge on any atom is 0.335 e. The number of hydrogen-bond donors (Lipinski definition) is 9. The third-order valence-electron chi connectivity index (χ3n) is 11.8. The van der Waals surface area contributed by atoms with Gasteiger partial charge in [-0.15, -0.1) is 11.8 Å². The van der Waals surface area contributed by atoms with E-state index in [4.69, 9.17) is 54.3 Å². The second-order valence-electron chi connectivity index (χ2n) is 20.9.